The summed E-state index contributed by atoms with van der Waals surface area (Å²) in [4.78, 5) is 0. The van der Waals surface area contributed by atoms with E-state index in [0.717, 1.165) is 33.7 Å². The van der Waals surface area contributed by atoms with Crippen LogP contribution in [0.1, 0.15) is 6.42 Å². The van der Waals surface area contributed by atoms with Crippen LogP contribution in [-0.2, 0) is 0 Å². The monoisotopic (exact) mass is 197 g/mol. The highest BCUT2D eigenvalue weighted by atomic mass is 16.3. The predicted molar refractivity (Wildman–Crippen MR) is 61.3 cm³/mol. The maximum atomic E-state index is 5.77. The molecule has 1 aliphatic carbocycles. The van der Waals surface area contributed by atoms with Crippen molar-refractivity contribution in [3.05, 3.63) is 46.7 Å². The number of hydrogen-bond acceptors (Lipinski definition) is 2. The smallest absolute Gasteiger partial charge is 0.135 e. The summed E-state index contributed by atoms with van der Waals surface area (Å²) in [6.45, 7) is 0. The van der Waals surface area contributed by atoms with Crippen LogP contribution in [0.4, 0.5) is 0 Å². The standard InChI is InChI=1S/C13H11NO/c14-9-5-7-11-10-3-1-2-4-12(10)15-13(11)8-6-9/h1-4,6-8H,5,14H2. The molecular weight excluding hydrogens is 186 g/mol. The van der Waals surface area contributed by atoms with Crippen LogP contribution in [0.25, 0.3) is 23.1 Å². The summed E-state index contributed by atoms with van der Waals surface area (Å²) in [7, 11) is 0. The number of furan rings is 1. The van der Waals surface area contributed by atoms with Crippen LogP contribution in [0.2, 0.25) is 0 Å². The third-order valence-electron chi connectivity index (χ3n) is 2.65. The van der Waals surface area contributed by atoms with E-state index < -0.39 is 0 Å². The number of hydrogen-bond donors (Lipinski definition) is 1. The van der Waals surface area contributed by atoms with Gasteiger partial charge in [-0.25, -0.2) is 0 Å². The number of fused-ring (bicyclic) bond motifs is 3. The molecule has 1 heterocycles. The van der Waals surface area contributed by atoms with Gasteiger partial charge in [0.05, 0.1) is 0 Å². The van der Waals surface area contributed by atoms with Crippen molar-refractivity contribution in [2.45, 2.75) is 6.42 Å². The summed E-state index contributed by atoms with van der Waals surface area (Å²) >= 11 is 0. The van der Waals surface area contributed by atoms with E-state index in [2.05, 4.69) is 12.1 Å². The fraction of sp³-hybridized carbons (Fsp3) is 0.0769. The molecule has 0 bridgehead atoms. The Labute approximate surface area is 87.0 Å². The molecule has 2 N–H and O–H groups in total. The van der Waals surface area contributed by atoms with E-state index in [0.29, 0.717) is 0 Å². The SMILES string of the molecule is NC1=CC=c2oc3ccccc3c2=CC1. The summed E-state index contributed by atoms with van der Waals surface area (Å²) in [6, 6.07) is 8.06. The number of rotatable bonds is 0. The lowest BCUT2D eigenvalue weighted by molar-refractivity contribution is 0.576. The molecule has 1 aromatic heterocycles. The van der Waals surface area contributed by atoms with Crippen molar-refractivity contribution in [1.29, 1.82) is 0 Å². The average molecular weight is 197 g/mol. The molecule has 74 valence electrons. The first kappa shape index (κ1) is 8.36. The molecule has 0 atom stereocenters. The second kappa shape index (κ2) is 3.02. The first-order valence-electron chi connectivity index (χ1n) is 4.99. The summed E-state index contributed by atoms with van der Waals surface area (Å²) in [5, 5.41) is 2.31. The van der Waals surface area contributed by atoms with Crippen LogP contribution < -0.4 is 16.4 Å². The second-order valence-corrected chi connectivity index (χ2v) is 3.69. The first-order valence-corrected chi connectivity index (χ1v) is 4.99. The molecule has 0 saturated carbocycles. The predicted octanol–water partition coefficient (Wildman–Crippen LogP) is 1.24. The van der Waals surface area contributed by atoms with Crippen molar-refractivity contribution in [2.75, 3.05) is 0 Å². The molecule has 0 spiro atoms. The van der Waals surface area contributed by atoms with Crippen molar-refractivity contribution >= 4 is 23.1 Å². The van der Waals surface area contributed by atoms with Gasteiger partial charge in [0.15, 0.2) is 0 Å². The van der Waals surface area contributed by atoms with Crippen LogP contribution in [0.15, 0.2) is 40.5 Å². The first-order chi connectivity index (χ1) is 7.34. The Kier molecular flexibility index (Phi) is 1.68. The van der Waals surface area contributed by atoms with Gasteiger partial charge in [-0.1, -0.05) is 24.3 Å². The summed E-state index contributed by atoms with van der Waals surface area (Å²) < 4.78 is 5.73. The van der Waals surface area contributed by atoms with Crippen LogP contribution in [0, 0.1) is 0 Å². The van der Waals surface area contributed by atoms with Crippen LogP contribution in [0.5, 0.6) is 0 Å². The molecule has 0 saturated heterocycles. The zero-order valence-corrected chi connectivity index (χ0v) is 8.23. The molecule has 0 fully saturated rings. The molecule has 3 rings (SSSR count). The van der Waals surface area contributed by atoms with Gasteiger partial charge in [0.2, 0.25) is 0 Å². The van der Waals surface area contributed by atoms with E-state index in [-0.39, 0.29) is 0 Å². The van der Waals surface area contributed by atoms with E-state index >= 15 is 0 Å². The number of nitrogens with two attached hydrogens (primary N) is 1. The second-order valence-electron chi connectivity index (χ2n) is 3.69. The Balaban J connectivity index is 2.48. The number of benzene rings is 1. The summed E-state index contributed by atoms with van der Waals surface area (Å²) in [5.74, 6) is 0. The van der Waals surface area contributed by atoms with Crippen molar-refractivity contribution in [2.24, 2.45) is 5.73 Å². The Hall–Kier alpha value is -1.96. The molecule has 0 unspecified atom stereocenters. The lowest BCUT2D eigenvalue weighted by Crippen LogP contribution is -2.18. The Morgan fingerprint density at radius 1 is 1.13 bits per heavy atom. The maximum absolute atomic E-state index is 5.77. The highest BCUT2D eigenvalue weighted by Gasteiger charge is 2.03. The normalized spacial score (nSPS) is 14.8. The van der Waals surface area contributed by atoms with Crippen LogP contribution in [0.3, 0.4) is 0 Å². The van der Waals surface area contributed by atoms with E-state index in [1.54, 1.807) is 0 Å². The largest absolute Gasteiger partial charge is 0.456 e. The topological polar surface area (TPSA) is 39.2 Å². The van der Waals surface area contributed by atoms with Gasteiger partial charge in [0.1, 0.15) is 11.0 Å². The third-order valence-corrected chi connectivity index (χ3v) is 2.65. The molecule has 1 aromatic carbocycles. The van der Waals surface area contributed by atoms with E-state index in [1.807, 2.05) is 30.4 Å². The van der Waals surface area contributed by atoms with E-state index in [1.165, 1.54) is 0 Å². The van der Waals surface area contributed by atoms with Gasteiger partial charge >= 0.3 is 0 Å². The minimum atomic E-state index is 0.785. The maximum Gasteiger partial charge on any atom is 0.135 e. The molecule has 0 radical (unpaired) electrons. The summed E-state index contributed by atoms with van der Waals surface area (Å²) in [6.07, 6.45) is 6.75. The Bertz CT molecular complexity index is 661. The fourth-order valence-electron chi connectivity index (χ4n) is 1.89. The number of allylic oxidation sites excluding steroid dienone is 2. The average Bonchev–Trinajstić information content (AvgIpc) is 2.51. The lowest BCUT2D eigenvalue weighted by atomic mass is 10.2. The molecule has 15 heavy (non-hydrogen) atoms. The Morgan fingerprint density at radius 3 is 2.93 bits per heavy atom. The Morgan fingerprint density at radius 2 is 2.00 bits per heavy atom. The van der Waals surface area contributed by atoms with Gasteiger partial charge in [-0.3, -0.25) is 0 Å². The van der Waals surface area contributed by atoms with Gasteiger partial charge in [-0.15, -0.1) is 0 Å². The van der Waals surface area contributed by atoms with Crippen molar-refractivity contribution in [3.8, 4) is 0 Å². The van der Waals surface area contributed by atoms with Gasteiger partial charge < -0.3 is 10.2 Å². The lowest BCUT2D eigenvalue weighted by Gasteiger charge is -1.90. The zero-order chi connectivity index (χ0) is 10.3. The highest BCUT2D eigenvalue weighted by Crippen LogP contribution is 2.08. The molecule has 2 heteroatoms. The van der Waals surface area contributed by atoms with E-state index in [9.17, 15) is 0 Å². The van der Waals surface area contributed by atoms with Gasteiger partial charge in [0, 0.05) is 22.7 Å². The molecular formula is C13H11NO. The third kappa shape index (κ3) is 1.26. The number of para-hydroxylation sites is 1. The molecule has 2 aromatic rings. The quantitative estimate of drug-likeness (QED) is 0.690. The zero-order valence-electron chi connectivity index (χ0n) is 8.23. The van der Waals surface area contributed by atoms with Gasteiger partial charge in [0.25, 0.3) is 0 Å². The van der Waals surface area contributed by atoms with Crippen LogP contribution >= 0.6 is 0 Å². The minimum Gasteiger partial charge on any atom is -0.456 e. The van der Waals surface area contributed by atoms with Gasteiger partial charge in [-0.2, -0.15) is 0 Å². The summed E-state index contributed by atoms with van der Waals surface area (Å²) in [5.41, 5.74) is 8.47. The molecule has 1 aliphatic rings. The van der Waals surface area contributed by atoms with Gasteiger partial charge in [-0.05, 0) is 18.2 Å². The molecule has 2 nitrogen and oxygen atoms in total. The minimum absolute atomic E-state index is 0.785. The highest BCUT2D eigenvalue weighted by molar-refractivity contribution is 5.79. The van der Waals surface area contributed by atoms with E-state index in [4.69, 9.17) is 10.2 Å². The van der Waals surface area contributed by atoms with Crippen molar-refractivity contribution < 1.29 is 4.42 Å². The van der Waals surface area contributed by atoms with Crippen LogP contribution in [-0.4, -0.2) is 0 Å². The van der Waals surface area contributed by atoms with Crippen molar-refractivity contribution in [3.63, 3.8) is 0 Å². The van der Waals surface area contributed by atoms with Crippen molar-refractivity contribution in [1.82, 2.24) is 0 Å². The molecule has 0 aliphatic heterocycles. The molecule has 0 amide bonds. The fourth-order valence-corrected chi connectivity index (χ4v) is 1.89.